The van der Waals surface area contributed by atoms with Crippen molar-refractivity contribution in [3.05, 3.63) is 62.9 Å². The van der Waals surface area contributed by atoms with E-state index in [0.717, 1.165) is 21.9 Å². The van der Waals surface area contributed by atoms with E-state index >= 15 is 0 Å². The van der Waals surface area contributed by atoms with Gasteiger partial charge in [-0.1, -0.05) is 23.7 Å². The van der Waals surface area contributed by atoms with E-state index in [-0.39, 0.29) is 11.8 Å². The summed E-state index contributed by atoms with van der Waals surface area (Å²) in [7, 11) is 3.20. The molecule has 1 aliphatic heterocycles. The van der Waals surface area contributed by atoms with Gasteiger partial charge in [-0.2, -0.15) is 0 Å². The number of amides is 2. The van der Waals surface area contributed by atoms with Gasteiger partial charge in [0.05, 0.1) is 23.0 Å². The van der Waals surface area contributed by atoms with Gasteiger partial charge in [0, 0.05) is 36.5 Å². The lowest BCUT2D eigenvalue weighted by Crippen LogP contribution is -2.26. The summed E-state index contributed by atoms with van der Waals surface area (Å²) < 4.78 is 5.78. The molecule has 0 saturated carbocycles. The first kappa shape index (κ1) is 19.4. The summed E-state index contributed by atoms with van der Waals surface area (Å²) >= 11 is 7.71. The van der Waals surface area contributed by atoms with Gasteiger partial charge in [-0.25, -0.2) is 4.98 Å². The van der Waals surface area contributed by atoms with E-state index in [2.05, 4.69) is 10.3 Å². The number of para-hydroxylation sites is 1. The number of nitrogens with one attached hydrogen (secondary N) is 1. The van der Waals surface area contributed by atoms with Crippen LogP contribution in [0.15, 0.2) is 42.5 Å². The zero-order chi connectivity index (χ0) is 20.5. The number of halogens is 1. The minimum absolute atomic E-state index is 0.239. The third kappa shape index (κ3) is 3.59. The van der Waals surface area contributed by atoms with Crippen LogP contribution < -0.4 is 15.0 Å². The van der Waals surface area contributed by atoms with Gasteiger partial charge >= 0.3 is 0 Å². The van der Waals surface area contributed by atoms with Gasteiger partial charge in [-0.3, -0.25) is 9.59 Å². The molecule has 2 aromatic carbocycles. The van der Waals surface area contributed by atoms with Crippen molar-refractivity contribution >= 4 is 40.4 Å². The Morgan fingerprint density at radius 1 is 1.24 bits per heavy atom. The second-order valence-corrected chi connectivity index (χ2v) is 7.99. The highest BCUT2D eigenvalue weighted by molar-refractivity contribution is 7.14. The van der Waals surface area contributed by atoms with Gasteiger partial charge in [0.2, 0.25) is 0 Å². The van der Waals surface area contributed by atoms with Gasteiger partial charge < -0.3 is 15.0 Å². The van der Waals surface area contributed by atoms with Crippen LogP contribution >= 0.6 is 22.9 Å². The molecular weight excluding hydrogens is 410 g/mol. The number of carbonyl (C=O) groups excluding carboxylic acids is 2. The number of hydrogen-bond donors (Lipinski definition) is 1. The van der Waals surface area contributed by atoms with Crippen LogP contribution in [0.5, 0.6) is 5.75 Å². The molecule has 3 aromatic rings. The van der Waals surface area contributed by atoms with Crippen LogP contribution in [-0.2, 0) is 6.42 Å². The predicted octanol–water partition coefficient (Wildman–Crippen LogP) is 4.03. The van der Waals surface area contributed by atoms with E-state index in [4.69, 9.17) is 16.3 Å². The van der Waals surface area contributed by atoms with Crippen LogP contribution in [0.2, 0.25) is 5.02 Å². The van der Waals surface area contributed by atoms with Crippen molar-refractivity contribution in [3.8, 4) is 17.0 Å². The smallest absolute Gasteiger partial charge is 0.287 e. The molecule has 0 atom stereocenters. The van der Waals surface area contributed by atoms with Gasteiger partial charge in [-0.15, -0.1) is 11.3 Å². The molecule has 0 radical (unpaired) electrons. The van der Waals surface area contributed by atoms with Crippen molar-refractivity contribution in [3.63, 3.8) is 0 Å². The van der Waals surface area contributed by atoms with E-state index in [9.17, 15) is 9.59 Å². The Morgan fingerprint density at radius 2 is 2.03 bits per heavy atom. The fourth-order valence-corrected chi connectivity index (χ4v) is 4.52. The fraction of sp³-hybridized carbons (Fsp3) is 0.190. The van der Waals surface area contributed by atoms with Crippen molar-refractivity contribution in [2.75, 3.05) is 25.6 Å². The summed E-state index contributed by atoms with van der Waals surface area (Å²) in [4.78, 5) is 32.0. The Bertz CT molecular complexity index is 1110. The van der Waals surface area contributed by atoms with Crippen LogP contribution in [0.3, 0.4) is 0 Å². The van der Waals surface area contributed by atoms with Gasteiger partial charge in [0.1, 0.15) is 5.75 Å². The first-order chi connectivity index (χ1) is 14.0. The molecule has 0 spiro atoms. The summed E-state index contributed by atoms with van der Waals surface area (Å²) in [5, 5.41) is 3.26. The molecule has 1 aliphatic rings. The Balaban J connectivity index is 1.66. The number of aromatic nitrogens is 1. The lowest BCUT2D eigenvalue weighted by Gasteiger charge is -2.18. The average molecular weight is 428 g/mol. The van der Waals surface area contributed by atoms with Crippen molar-refractivity contribution in [2.24, 2.45) is 0 Å². The van der Waals surface area contributed by atoms with E-state index in [1.807, 2.05) is 24.3 Å². The Labute approximate surface area is 177 Å². The molecule has 2 heterocycles. The summed E-state index contributed by atoms with van der Waals surface area (Å²) in [6.07, 6.45) is 0.695. The first-order valence-corrected chi connectivity index (χ1v) is 10.2. The van der Waals surface area contributed by atoms with E-state index in [1.165, 1.54) is 16.2 Å². The van der Waals surface area contributed by atoms with Crippen molar-refractivity contribution in [2.45, 2.75) is 6.42 Å². The maximum absolute atomic E-state index is 13.1. The van der Waals surface area contributed by atoms with Gasteiger partial charge in [0.15, 0.2) is 5.01 Å². The van der Waals surface area contributed by atoms with E-state index in [1.54, 1.807) is 32.3 Å². The molecule has 0 unspecified atom stereocenters. The molecular formula is C21H18ClN3O3S. The van der Waals surface area contributed by atoms with Crippen molar-refractivity contribution in [1.29, 1.82) is 0 Å². The Hall–Kier alpha value is -2.90. The molecule has 1 N–H and O–H groups in total. The number of rotatable bonds is 3. The number of fused-ring (bicyclic) bond motifs is 3. The largest absolute Gasteiger partial charge is 0.493 e. The number of thiazole rings is 1. The Kier molecular flexibility index (Phi) is 5.25. The van der Waals surface area contributed by atoms with Crippen LogP contribution in [0.25, 0.3) is 11.3 Å². The van der Waals surface area contributed by atoms with Crippen molar-refractivity contribution in [1.82, 2.24) is 10.3 Å². The highest BCUT2D eigenvalue weighted by Crippen LogP contribution is 2.38. The summed E-state index contributed by atoms with van der Waals surface area (Å²) in [5.41, 5.74) is 2.63. The molecule has 0 aliphatic carbocycles. The predicted molar refractivity (Wildman–Crippen MR) is 114 cm³/mol. The maximum atomic E-state index is 13.1. The lowest BCUT2D eigenvalue weighted by molar-refractivity contribution is 0.0962. The average Bonchev–Trinajstić information content (AvgIpc) is 3.08. The topological polar surface area (TPSA) is 71.5 Å². The molecule has 2 amide bonds. The first-order valence-electron chi connectivity index (χ1n) is 9.01. The minimum atomic E-state index is -0.254. The molecule has 0 fully saturated rings. The van der Waals surface area contributed by atoms with Crippen LogP contribution in [-0.4, -0.2) is 37.5 Å². The Morgan fingerprint density at radius 3 is 2.79 bits per heavy atom. The molecule has 0 saturated heterocycles. The minimum Gasteiger partial charge on any atom is -0.493 e. The van der Waals surface area contributed by atoms with Crippen LogP contribution in [0.1, 0.15) is 25.0 Å². The normalized spacial score (nSPS) is 12.2. The second kappa shape index (κ2) is 7.85. The standard InChI is InChI=1S/C21H18ClN3O3S/c1-23-19(26)12-7-8-15(14(22)11-12)25(2)21(27)20-24-18-13-5-3-4-6-16(13)28-10-9-17(18)29-20/h3-8,11H,9-10H2,1-2H3,(H,23,26). The van der Waals surface area contributed by atoms with Gasteiger partial charge in [-0.05, 0) is 30.3 Å². The van der Waals surface area contributed by atoms with Crippen LogP contribution in [0.4, 0.5) is 5.69 Å². The summed E-state index contributed by atoms with van der Waals surface area (Å²) in [6, 6.07) is 12.5. The zero-order valence-corrected chi connectivity index (χ0v) is 17.4. The highest BCUT2D eigenvalue weighted by atomic mass is 35.5. The fourth-order valence-electron chi connectivity index (χ4n) is 3.18. The number of hydrogen-bond acceptors (Lipinski definition) is 5. The quantitative estimate of drug-likeness (QED) is 0.684. The maximum Gasteiger partial charge on any atom is 0.287 e. The second-order valence-electron chi connectivity index (χ2n) is 6.49. The van der Waals surface area contributed by atoms with E-state index in [0.29, 0.717) is 34.3 Å². The molecule has 8 heteroatoms. The molecule has 6 nitrogen and oxygen atoms in total. The molecule has 1 aromatic heterocycles. The van der Waals surface area contributed by atoms with E-state index < -0.39 is 0 Å². The number of benzene rings is 2. The van der Waals surface area contributed by atoms with Gasteiger partial charge in [0.25, 0.3) is 11.8 Å². The van der Waals surface area contributed by atoms with Crippen LogP contribution in [0, 0.1) is 0 Å². The third-order valence-electron chi connectivity index (χ3n) is 4.71. The number of ether oxygens (including phenoxy) is 1. The number of carbonyl (C=O) groups is 2. The zero-order valence-electron chi connectivity index (χ0n) is 15.9. The molecule has 148 valence electrons. The lowest BCUT2D eigenvalue weighted by atomic mass is 10.1. The SMILES string of the molecule is CNC(=O)c1ccc(N(C)C(=O)c2nc3c(s2)CCOc2ccccc2-3)c(Cl)c1. The number of anilines is 1. The molecule has 0 bridgehead atoms. The molecule has 29 heavy (non-hydrogen) atoms. The monoisotopic (exact) mass is 427 g/mol. The van der Waals surface area contributed by atoms with Crippen molar-refractivity contribution < 1.29 is 14.3 Å². The summed E-state index contributed by atoms with van der Waals surface area (Å²) in [6.45, 7) is 0.544. The summed E-state index contributed by atoms with van der Waals surface area (Å²) in [5.74, 6) is 0.282. The third-order valence-corrected chi connectivity index (χ3v) is 6.12. The number of nitrogens with zero attached hydrogens (tertiary/aromatic N) is 2. The highest BCUT2D eigenvalue weighted by Gasteiger charge is 2.25. The molecule has 4 rings (SSSR count).